The molecule has 0 aromatic heterocycles. The third-order valence-corrected chi connectivity index (χ3v) is 3.37. The molecule has 0 aliphatic heterocycles. The van der Waals surface area contributed by atoms with Gasteiger partial charge in [-0.05, 0) is 36.5 Å². The number of carbonyl (C=O) groups is 1. The maximum Gasteiger partial charge on any atom is 0.344 e. The maximum atomic E-state index is 11.1. The first kappa shape index (κ1) is 12.9. The van der Waals surface area contributed by atoms with Crippen LogP contribution in [-0.4, -0.2) is 17.2 Å². The summed E-state index contributed by atoms with van der Waals surface area (Å²) in [6.07, 6.45) is 2.31. The van der Waals surface area contributed by atoms with Gasteiger partial charge in [0.1, 0.15) is 5.75 Å². The van der Waals surface area contributed by atoms with E-state index in [0.717, 1.165) is 30.4 Å². The Balaban J connectivity index is 2.22. The van der Waals surface area contributed by atoms with Gasteiger partial charge in [-0.2, -0.15) is 0 Å². The first-order chi connectivity index (χ1) is 8.63. The summed E-state index contributed by atoms with van der Waals surface area (Å²) in [5.74, 6) is -0.224. The van der Waals surface area contributed by atoms with E-state index in [2.05, 4.69) is 0 Å². The Labute approximate surface area is 107 Å². The van der Waals surface area contributed by atoms with Crippen LogP contribution in [0.4, 0.5) is 0 Å². The van der Waals surface area contributed by atoms with Crippen LogP contribution in [0, 0.1) is 0 Å². The number of aliphatic carboxylic acids is 1. The summed E-state index contributed by atoms with van der Waals surface area (Å²) in [6.45, 7) is 1.95. The number of hydrogen-bond acceptors (Lipinski definition) is 3. The number of hydrogen-bond donors (Lipinski definition) is 2. The fourth-order valence-corrected chi connectivity index (χ4v) is 2.41. The van der Waals surface area contributed by atoms with Crippen LogP contribution >= 0.6 is 0 Å². The first-order valence-corrected chi connectivity index (χ1v) is 6.40. The van der Waals surface area contributed by atoms with Crippen molar-refractivity contribution >= 4 is 5.97 Å². The van der Waals surface area contributed by atoms with Gasteiger partial charge in [0.25, 0.3) is 0 Å². The van der Waals surface area contributed by atoms with E-state index >= 15 is 0 Å². The summed E-state index contributed by atoms with van der Waals surface area (Å²) in [7, 11) is 0. The molecule has 2 rings (SSSR count). The molecule has 18 heavy (non-hydrogen) atoms. The SMILES string of the molecule is CCCC(Oc1cccc2c1CCC2N)C(=O)O. The second-order valence-electron chi connectivity index (χ2n) is 4.70. The number of carboxylic acids is 1. The molecule has 4 nitrogen and oxygen atoms in total. The molecule has 0 saturated carbocycles. The molecule has 0 spiro atoms. The standard InChI is InChI=1S/C14H19NO3/c1-2-4-13(14(16)17)18-12-6-3-5-9-10(12)7-8-11(9)15/h3,5-6,11,13H,2,4,7-8,15H2,1H3,(H,16,17). The summed E-state index contributed by atoms with van der Waals surface area (Å²) in [4.78, 5) is 11.1. The smallest absolute Gasteiger partial charge is 0.344 e. The van der Waals surface area contributed by atoms with E-state index in [1.165, 1.54) is 0 Å². The highest BCUT2D eigenvalue weighted by Gasteiger charge is 2.25. The third kappa shape index (κ3) is 2.48. The van der Waals surface area contributed by atoms with Crippen LogP contribution in [0.2, 0.25) is 0 Å². The van der Waals surface area contributed by atoms with Crippen molar-refractivity contribution < 1.29 is 14.6 Å². The summed E-state index contributed by atoms with van der Waals surface area (Å²) < 4.78 is 5.65. The summed E-state index contributed by atoms with van der Waals surface area (Å²) in [6, 6.07) is 5.76. The zero-order valence-corrected chi connectivity index (χ0v) is 10.6. The quantitative estimate of drug-likeness (QED) is 0.839. The molecule has 1 aromatic rings. The molecule has 0 heterocycles. The predicted octanol–water partition coefficient (Wildman–Crippen LogP) is 2.26. The normalized spacial score (nSPS) is 19.3. The lowest BCUT2D eigenvalue weighted by atomic mass is 10.1. The summed E-state index contributed by atoms with van der Waals surface area (Å²) in [5, 5.41) is 9.12. The van der Waals surface area contributed by atoms with E-state index in [-0.39, 0.29) is 6.04 Å². The van der Waals surface area contributed by atoms with Crippen molar-refractivity contribution in [2.75, 3.05) is 0 Å². The van der Waals surface area contributed by atoms with Crippen LogP contribution < -0.4 is 10.5 Å². The second kappa shape index (κ2) is 5.40. The number of fused-ring (bicyclic) bond motifs is 1. The van der Waals surface area contributed by atoms with E-state index in [4.69, 9.17) is 15.6 Å². The van der Waals surface area contributed by atoms with Gasteiger partial charge in [-0.1, -0.05) is 25.5 Å². The zero-order chi connectivity index (χ0) is 13.1. The van der Waals surface area contributed by atoms with Crippen LogP contribution in [0.1, 0.15) is 43.4 Å². The van der Waals surface area contributed by atoms with Crippen LogP contribution in [0.25, 0.3) is 0 Å². The Morgan fingerprint density at radius 2 is 2.39 bits per heavy atom. The Bertz CT molecular complexity index is 445. The lowest BCUT2D eigenvalue weighted by Gasteiger charge is -2.17. The fraction of sp³-hybridized carbons (Fsp3) is 0.500. The number of ether oxygens (including phenoxy) is 1. The Hall–Kier alpha value is -1.55. The van der Waals surface area contributed by atoms with Gasteiger partial charge in [-0.3, -0.25) is 0 Å². The van der Waals surface area contributed by atoms with Crippen LogP contribution in [0.15, 0.2) is 18.2 Å². The van der Waals surface area contributed by atoms with E-state index in [1.807, 2.05) is 25.1 Å². The molecular weight excluding hydrogens is 230 g/mol. The van der Waals surface area contributed by atoms with Gasteiger partial charge in [0.05, 0.1) is 0 Å². The van der Waals surface area contributed by atoms with Crippen molar-refractivity contribution in [3.8, 4) is 5.75 Å². The van der Waals surface area contributed by atoms with Gasteiger partial charge in [0, 0.05) is 6.04 Å². The molecule has 0 fully saturated rings. The molecule has 2 unspecified atom stereocenters. The highest BCUT2D eigenvalue weighted by atomic mass is 16.5. The molecule has 0 bridgehead atoms. The van der Waals surface area contributed by atoms with Gasteiger partial charge < -0.3 is 15.6 Å². The zero-order valence-electron chi connectivity index (χ0n) is 10.6. The van der Waals surface area contributed by atoms with Gasteiger partial charge >= 0.3 is 5.97 Å². The molecule has 0 radical (unpaired) electrons. The van der Waals surface area contributed by atoms with Crippen LogP contribution in [0.5, 0.6) is 5.75 Å². The molecule has 0 amide bonds. The fourth-order valence-electron chi connectivity index (χ4n) is 2.41. The van der Waals surface area contributed by atoms with Crippen molar-refractivity contribution in [2.45, 2.75) is 44.8 Å². The van der Waals surface area contributed by atoms with Crippen LogP contribution in [0.3, 0.4) is 0 Å². The van der Waals surface area contributed by atoms with Gasteiger partial charge in [0.15, 0.2) is 6.10 Å². The highest BCUT2D eigenvalue weighted by Crippen LogP contribution is 2.36. The minimum Gasteiger partial charge on any atom is -0.479 e. The lowest BCUT2D eigenvalue weighted by molar-refractivity contribution is -0.145. The second-order valence-corrected chi connectivity index (χ2v) is 4.70. The largest absolute Gasteiger partial charge is 0.479 e. The average Bonchev–Trinajstić information content (AvgIpc) is 2.72. The monoisotopic (exact) mass is 249 g/mol. The predicted molar refractivity (Wildman–Crippen MR) is 68.7 cm³/mol. The number of carboxylic acid groups (broad SMARTS) is 1. The van der Waals surface area contributed by atoms with Crippen molar-refractivity contribution in [1.82, 2.24) is 0 Å². The molecular formula is C14H19NO3. The van der Waals surface area contributed by atoms with Crippen molar-refractivity contribution in [3.05, 3.63) is 29.3 Å². The van der Waals surface area contributed by atoms with Gasteiger partial charge in [-0.25, -0.2) is 4.79 Å². The van der Waals surface area contributed by atoms with E-state index < -0.39 is 12.1 Å². The lowest BCUT2D eigenvalue weighted by Crippen LogP contribution is -2.27. The Morgan fingerprint density at radius 1 is 1.61 bits per heavy atom. The maximum absolute atomic E-state index is 11.1. The van der Waals surface area contributed by atoms with Crippen molar-refractivity contribution in [3.63, 3.8) is 0 Å². The Morgan fingerprint density at radius 3 is 3.06 bits per heavy atom. The van der Waals surface area contributed by atoms with Gasteiger partial charge in [-0.15, -0.1) is 0 Å². The van der Waals surface area contributed by atoms with Gasteiger partial charge in [0.2, 0.25) is 0 Å². The summed E-state index contributed by atoms with van der Waals surface area (Å²) >= 11 is 0. The molecule has 1 aromatic carbocycles. The van der Waals surface area contributed by atoms with Crippen molar-refractivity contribution in [1.29, 1.82) is 0 Å². The Kier molecular flexibility index (Phi) is 3.87. The molecule has 2 atom stereocenters. The number of rotatable bonds is 5. The number of benzene rings is 1. The summed E-state index contributed by atoms with van der Waals surface area (Å²) in [5.41, 5.74) is 8.16. The third-order valence-electron chi connectivity index (χ3n) is 3.37. The average molecular weight is 249 g/mol. The molecule has 98 valence electrons. The minimum atomic E-state index is -0.906. The molecule has 1 aliphatic carbocycles. The van der Waals surface area contributed by atoms with Crippen molar-refractivity contribution in [2.24, 2.45) is 5.73 Å². The van der Waals surface area contributed by atoms with E-state index in [1.54, 1.807) is 0 Å². The van der Waals surface area contributed by atoms with Crippen LogP contribution in [-0.2, 0) is 11.2 Å². The topological polar surface area (TPSA) is 72.5 Å². The highest BCUT2D eigenvalue weighted by molar-refractivity contribution is 5.72. The molecule has 0 saturated heterocycles. The van der Waals surface area contributed by atoms with E-state index in [9.17, 15) is 4.79 Å². The minimum absolute atomic E-state index is 0.0537. The number of nitrogens with two attached hydrogens (primary N) is 1. The first-order valence-electron chi connectivity index (χ1n) is 6.40. The van der Waals surface area contributed by atoms with E-state index in [0.29, 0.717) is 12.2 Å². The molecule has 3 N–H and O–H groups in total. The molecule has 1 aliphatic rings. The molecule has 4 heteroatoms.